The number of oxazole rings is 1. The second-order valence-corrected chi connectivity index (χ2v) is 4.18. The summed E-state index contributed by atoms with van der Waals surface area (Å²) in [6.45, 7) is 1.71. The number of rotatable bonds is 1. The van der Waals surface area contributed by atoms with Crippen LogP contribution in [0.2, 0.25) is 0 Å². The number of hydrogen-bond acceptors (Lipinski definition) is 3. The average molecular weight is 242 g/mol. The maximum Gasteiger partial charge on any atom is 0.230 e. The molecule has 3 rings (SSSR count). The highest BCUT2D eigenvalue weighted by atomic mass is 19.1. The Morgan fingerprint density at radius 2 is 2.06 bits per heavy atom. The van der Waals surface area contributed by atoms with Crippen molar-refractivity contribution < 1.29 is 8.81 Å². The molecule has 0 unspecified atom stereocenters. The molecule has 0 bridgehead atoms. The number of aromatic nitrogens is 1. The maximum atomic E-state index is 14.0. The topological polar surface area (TPSA) is 52.0 Å². The van der Waals surface area contributed by atoms with E-state index in [0.717, 1.165) is 0 Å². The van der Waals surface area contributed by atoms with Crippen molar-refractivity contribution in [3.8, 4) is 11.5 Å². The first-order valence-corrected chi connectivity index (χ1v) is 5.57. The monoisotopic (exact) mass is 242 g/mol. The summed E-state index contributed by atoms with van der Waals surface area (Å²) in [5.74, 6) is -0.0335. The van der Waals surface area contributed by atoms with E-state index in [2.05, 4.69) is 4.98 Å². The van der Waals surface area contributed by atoms with Gasteiger partial charge < -0.3 is 10.2 Å². The van der Waals surface area contributed by atoms with E-state index >= 15 is 0 Å². The second kappa shape index (κ2) is 3.84. The van der Waals surface area contributed by atoms with Crippen LogP contribution < -0.4 is 5.73 Å². The van der Waals surface area contributed by atoms with Crippen LogP contribution in [0.3, 0.4) is 0 Å². The molecule has 3 nitrogen and oxygen atoms in total. The predicted molar refractivity (Wildman–Crippen MR) is 68.6 cm³/mol. The summed E-state index contributed by atoms with van der Waals surface area (Å²) in [6, 6.07) is 10.3. The molecule has 0 amide bonds. The lowest BCUT2D eigenvalue weighted by atomic mass is 10.1. The highest BCUT2D eigenvalue weighted by molar-refractivity contribution is 5.79. The van der Waals surface area contributed by atoms with Gasteiger partial charge in [-0.2, -0.15) is 0 Å². The number of hydrogen-bond donors (Lipinski definition) is 1. The second-order valence-electron chi connectivity index (χ2n) is 4.18. The van der Waals surface area contributed by atoms with Gasteiger partial charge in [0, 0.05) is 11.8 Å². The third-order valence-corrected chi connectivity index (χ3v) is 2.83. The van der Waals surface area contributed by atoms with Gasteiger partial charge in [0.05, 0.1) is 5.56 Å². The molecule has 0 spiro atoms. The van der Waals surface area contributed by atoms with Gasteiger partial charge in [-0.3, -0.25) is 0 Å². The first-order valence-electron chi connectivity index (χ1n) is 5.57. The van der Waals surface area contributed by atoms with Crippen LogP contribution in [0.4, 0.5) is 10.1 Å². The Hall–Kier alpha value is -2.36. The van der Waals surface area contributed by atoms with Crippen LogP contribution >= 0.6 is 0 Å². The molecule has 90 valence electrons. The van der Waals surface area contributed by atoms with Crippen LogP contribution in [-0.4, -0.2) is 4.98 Å². The highest BCUT2D eigenvalue weighted by Gasteiger charge is 2.13. The molecule has 0 aliphatic carbocycles. The fraction of sp³-hybridized carbons (Fsp3) is 0.0714. The predicted octanol–water partition coefficient (Wildman–Crippen LogP) is 3.52. The normalized spacial score (nSPS) is 11.0. The van der Waals surface area contributed by atoms with Gasteiger partial charge in [-0.25, -0.2) is 9.37 Å². The van der Waals surface area contributed by atoms with E-state index in [1.165, 1.54) is 0 Å². The molecule has 18 heavy (non-hydrogen) atoms. The Morgan fingerprint density at radius 1 is 1.22 bits per heavy atom. The molecule has 0 fully saturated rings. The summed E-state index contributed by atoms with van der Waals surface area (Å²) >= 11 is 0. The third-order valence-electron chi connectivity index (χ3n) is 2.83. The quantitative estimate of drug-likeness (QED) is 0.664. The van der Waals surface area contributed by atoms with E-state index < -0.39 is 0 Å². The number of benzene rings is 2. The van der Waals surface area contributed by atoms with Crippen molar-refractivity contribution in [3.63, 3.8) is 0 Å². The lowest BCUT2D eigenvalue weighted by molar-refractivity contribution is 0.589. The largest absolute Gasteiger partial charge is 0.436 e. The first-order chi connectivity index (χ1) is 8.65. The number of nitrogens with zero attached hydrogens (tertiary/aromatic N) is 1. The zero-order valence-electron chi connectivity index (χ0n) is 9.77. The van der Waals surface area contributed by atoms with Crippen molar-refractivity contribution in [1.29, 1.82) is 0 Å². The third kappa shape index (κ3) is 1.62. The summed E-state index contributed by atoms with van der Waals surface area (Å²) in [5.41, 5.74) is 8.41. The highest BCUT2D eigenvalue weighted by Crippen LogP contribution is 2.28. The zero-order chi connectivity index (χ0) is 12.7. The molecule has 2 aromatic carbocycles. The molecule has 2 N–H and O–H groups in total. The minimum atomic E-state index is -0.308. The number of anilines is 1. The minimum Gasteiger partial charge on any atom is -0.436 e. The van der Waals surface area contributed by atoms with Gasteiger partial charge in [0.1, 0.15) is 11.3 Å². The Balaban J connectivity index is 2.22. The van der Waals surface area contributed by atoms with Gasteiger partial charge in [0.15, 0.2) is 5.58 Å². The molecule has 0 aliphatic heterocycles. The molecule has 0 saturated heterocycles. The molecule has 0 aliphatic rings. The Bertz CT molecular complexity index is 734. The SMILES string of the molecule is Cc1cccc(-c2nc3ccc(N)cc3o2)c1F. The average Bonchev–Trinajstić information content (AvgIpc) is 2.75. The van der Waals surface area contributed by atoms with Crippen LogP contribution in [0.15, 0.2) is 40.8 Å². The standard InChI is InChI=1S/C14H11FN2O/c1-8-3-2-4-10(13(8)15)14-17-11-6-5-9(16)7-12(11)18-14/h2-7H,16H2,1H3. The molecular formula is C14H11FN2O. The fourth-order valence-corrected chi connectivity index (χ4v) is 1.87. The molecule has 4 heteroatoms. The number of nitrogen functional groups attached to an aromatic ring is 1. The minimum absolute atomic E-state index is 0.275. The number of aryl methyl sites for hydroxylation is 1. The number of halogens is 1. The van der Waals surface area contributed by atoms with E-state index in [1.54, 1.807) is 43.3 Å². The summed E-state index contributed by atoms with van der Waals surface area (Å²) < 4.78 is 19.5. The number of nitrogens with two attached hydrogens (primary N) is 1. The van der Waals surface area contributed by atoms with Gasteiger partial charge in [0.25, 0.3) is 0 Å². The summed E-state index contributed by atoms with van der Waals surface area (Å²) in [7, 11) is 0. The summed E-state index contributed by atoms with van der Waals surface area (Å²) in [4.78, 5) is 4.26. The molecular weight excluding hydrogens is 231 g/mol. The van der Waals surface area contributed by atoms with Crippen molar-refractivity contribution in [2.24, 2.45) is 0 Å². The Kier molecular flexibility index (Phi) is 2.30. The van der Waals surface area contributed by atoms with Crippen molar-refractivity contribution >= 4 is 16.8 Å². The van der Waals surface area contributed by atoms with Crippen molar-refractivity contribution in [2.45, 2.75) is 6.92 Å². The Morgan fingerprint density at radius 3 is 2.89 bits per heavy atom. The van der Waals surface area contributed by atoms with E-state index in [0.29, 0.717) is 27.9 Å². The lowest BCUT2D eigenvalue weighted by Crippen LogP contribution is -1.87. The first kappa shape index (κ1) is 10.8. The van der Waals surface area contributed by atoms with Crippen LogP contribution in [0, 0.1) is 12.7 Å². The van der Waals surface area contributed by atoms with Crippen LogP contribution in [0.1, 0.15) is 5.56 Å². The number of fused-ring (bicyclic) bond motifs is 1. The van der Waals surface area contributed by atoms with Gasteiger partial charge >= 0.3 is 0 Å². The van der Waals surface area contributed by atoms with Crippen molar-refractivity contribution in [1.82, 2.24) is 4.98 Å². The molecule has 1 heterocycles. The molecule has 0 radical (unpaired) electrons. The smallest absolute Gasteiger partial charge is 0.230 e. The van der Waals surface area contributed by atoms with Gasteiger partial charge in [-0.15, -0.1) is 0 Å². The van der Waals surface area contributed by atoms with Crippen molar-refractivity contribution in [3.05, 3.63) is 47.8 Å². The van der Waals surface area contributed by atoms with E-state index in [-0.39, 0.29) is 11.7 Å². The lowest BCUT2D eigenvalue weighted by Gasteiger charge is -2.00. The van der Waals surface area contributed by atoms with Gasteiger partial charge in [-0.05, 0) is 30.7 Å². The fourth-order valence-electron chi connectivity index (χ4n) is 1.87. The van der Waals surface area contributed by atoms with E-state index in [9.17, 15) is 4.39 Å². The summed E-state index contributed by atoms with van der Waals surface area (Å²) in [6.07, 6.45) is 0. The van der Waals surface area contributed by atoms with Gasteiger partial charge in [0.2, 0.25) is 5.89 Å². The van der Waals surface area contributed by atoms with E-state index in [4.69, 9.17) is 10.2 Å². The molecule has 0 saturated carbocycles. The molecule has 1 aromatic heterocycles. The summed E-state index contributed by atoms with van der Waals surface area (Å²) in [5, 5.41) is 0. The van der Waals surface area contributed by atoms with Crippen LogP contribution in [0.25, 0.3) is 22.6 Å². The van der Waals surface area contributed by atoms with Gasteiger partial charge in [-0.1, -0.05) is 12.1 Å². The molecule has 3 aromatic rings. The van der Waals surface area contributed by atoms with Crippen LogP contribution in [0.5, 0.6) is 0 Å². The Labute approximate surface area is 103 Å². The van der Waals surface area contributed by atoms with E-state index in [1.807, 2.05) is 0 Å². The van der Waals surface area contributed by atoms with Crippen molar-refractivity contribution in [2.75, 3.05) is 5.73 Å². The zero-order valence-corrected chi connectivity index (χ0v) is 9.77. The molecule has 0 atom stereocenters. The van der Waals surface area contributed by atoms with Crippen LogP contribution in [-0.2, 0) is 0 Å². The maximum absolute atomic E-state index is 14.0.